The van der Waals surface area contributed by atoms with Crippen LogP contribution in [0.25, 0.3) is 0 Å². The average Bonchev–Trinajstić information content (AvgIpc) is 3.32. The molecule has 1 saturated heterocycles. The first-order valence-corrected chi connectivity index (χ1v) is 8.95. The summed E-state index contributed by atoms with van der Waals surface area (Å²) in [6.45, 7) is 4.41. The highest BCUT2D eigenvalue weighted by Crippen LogP contribution is 2.39. The van der Waals surface area contributed by atoms with Gasteiger partial charge in [0.05, 0.1) is 5.60 Å². The number of β-amino-alcohol motifs (C(OH)–C–C–N with tert-alkyl or cyclic N) is 1. The fourth-order valence-electron chi connectivity index (χ4n) is 3.64. The Bertz CT molecular complexity index is 679. The summed E-state index contributed by atoms with van der Waals surface area (Å²) in [6, 6.07) is 9.90. The quantitative estimate of drug-likeness (QED) is 0.914. The third-order valence-electron chi connectivity index (χ3n) is 5.18. The second kappa shape index (κ2) is 6.30. The number of hydrogen-bond acceptors (Lipinski definition) is 5. The van der Waals surface area contributed by atoms with Crippen LogP contribution in [-0.2, 0) is 5.60 Å². The molecule has 2 unspecified atom stereocenters. The zero-order valence-electron chi connectivity index (χ0n) is 14.2. The number of nitrogens with zero attached hydrogens (tertiary/aromatic N) is 3. The van der Waals surface area contributed by atoms with E-state index in [1.165, 1.54) is 12.8 Å². The lowest BCUT2D eigenvalue weighted by Gasteiger charge is -2.36. The summed E-state index contributed by atoms with van der Waals surface area (Å²) in [4.78, 5) is 6.95. The molecule has 1 aliphatic heterocycles. The molecule has 128 valence electrons. The summed E-state index contributed by atoms with van der Waals surface area (Å²) in [7, 11) is 0. The molecular formula is C19H25N3O2. The lowest BCUT2D eigenvalue weighted by molar-refractivity contribution is 0.00748. The van der Waals surface area contributed by atoms with Crippen LogP contribution >= 0.6 is 0 Å². The van der Waals surface area contributed by atoms with E-state index in [-0.39, 0.29) is 0 Å². The molecule has 0 bridgehead atoms. The van der Waals surface area contributed by atoms with E-state index in [1.54, 1.807) is 0 Å². The van der Waals surface area contributed by atoms with Gasteiger partial charge < -0.3 is 9.63 Å². The second-order valence-corrected chi connectivity index (χ2v) is 7.48. The van der Waals surface area contributed by atoms with Gasteiger partial charge in [-0.2, -0.15) is 4.98 Å². The van der Waals surface area contributed by atoms with Crippen molar-refractivity contribution in [3.63, 3.8) is 0 Å². The molecule has 2 heterocycles. The maximum atomic E-state index is 10.9. The minimum atomic E-state index is -0.848. The summed E-state index contributed by atoms with van der Waals surface area (Å²) < 4.78 is 5.42. The standard InChI is InChI=1S/C19H25N3O2/c1-19(23,16-7-3-2-4-8-16)13-22-11-5-6-15(12-22)17-20-18(24-21-17)14-9-10-14/h2-4,7-8,14-15,23H,5-6,9-13H2,1H3. The van der Waals surface area contributed by atoms with Gasteiger partial charge in [-0.15, -0.1) is 0 Å². The summed E-state index contributed by atoms with van der Waals surface area (Å²) in [5.74, 6) is 2.48. The molecule has 2 fully saturated rings. The molecule has 4 rings (SSSR count). The van der Waals surface area contributed by atoms with E-state index in [1.807, 2.05) is 37.3 Å². The Balaban J connectivity index is 1.42. The fraction of sp³-hybridized carbons (Fsp3) is 0.579. The van der Waals surface area contributed by atoms with Gasteiger partial charge in [-0.3, -0.25) is 4.90 Å². The predicted molar refractivity (Wildman–Crippen MR) is 90.7 cm³/mol. The molecule has 2 atom stereocenters. The molecule has 5 heteroatoms. The normalized spacial score (nSPS) is 24.7. The summed E-state index contributed by atoms with van der Waals surface area (Å²) in [6.07, 6.45) is 4.55. The van der Waals surface area contributed by atoms with Crippen LogP contribution in [0.4, 0.5) is 0 Å². The molecule has 5 nitrogen and oxygen atoms in total. The Hall–Kier alpha value is -1.72. The molecular weight excluding hydrogens is 302 g/mol. The number of likely N-dealkylation sites (tertiary alicyclic amines) is 1. The second-order valence-electron chi connectivity index (χ2n) is 7.48. The molecule has 1 aromatic carbocycles. The summed E-state index contributed by atoms with van der Waals surface area (Å²) in [5, 5.41) is 15.1. The van der Waals surface area contributed by atoms with Crippen molar-refractivity contribution in [1.29, 1.82) is 0 Å². The Morgan fingerprint density at radius 1 is 1.21 bits per heavy atom. The molecule has 0 radical (unpaired) electrons. The smallest absolute Gasteiger partial charge is 0.229 e. The first-order chi connectivity index (χ1) is 11.6. The van der Waals surface area contributed by atoms with Crippen molar-refractivity contribution in [1.82, 2.24) is 15.0 Å². The molecule has 1 aliphatic carbocycles. The SMILES string of the molecule is CC(O)(CN1CCCC(c2noc(C3CC3)n2)C1)c1ccccc1. The van der Waals surface area contributed by atoms with Gasteiger partial charge in [-0.1, -0.05) is 35.5 Å². The van der Waals surface area contributed by atoms with E-state index >= 15 is 0 Å². The molecule has 1 saturated carbocycles. The van der Waals surface area contributed by atoms with Crippen molar-refractivity contribution >= 4 is 0 Å². The summed E-state index contributed by atoms with van der Waals surface area (Å²) in [5.41, 5.74) is 0.113. The van der Waals surface area contributed by atoms with Crippen molar-refractivity contribution < 1.29 is 9.63 Å². The van der Waals surface area contributed by atoms with Crippen LogP contribution in [0.5, 0.6) is 0 Å². The Morgan fingerprint density at radius 2 is 2.00 bits per heavy atom. The third-order valence-corrected chi connectivity index (χ3v) is 5.18. The van der Waals surface area contributed by atoms with E-state index < -0.39 is 5.60 Å². The van der Waals surface area contributed by atoms with Crippen LogP contribution in [0, 0.1) is 0 Å². The number of benzene rings is 1. The van der Waals surface area contributed by atoms with E-state index in [0.717, 1.165) is 43.2 Å². The highest BCUT2D eigenvalue weighted by atomic mass is 16.5. The van der Waals surface area contributed by atoms with E-state index in [2.05, 4.69) is 15.0 Å². The highest BCUT2D eigenvalue weighted by Gasteiger charge is 2.33. The van der Waals surface area contributed by atoms with Gasteiger partial charge in [0.25, 0.3) is 0 Å². The molecule has 2 aromatic rings. The van der Waals surface area contributed by atoms with Crippen LogP contribution < -0.4 is 0 Å². The predicted octanol–water partition coefficient (Wildman–Crippen LogP) is 3.03. The van der Waals surface area contributed by atoms with E-state index in [9.17, 15) is 5.11 Å². The molecule has 0 amide bonds. The molecule has 24 heavy (non-hydrogen) atoms. The van der Waals surface area contributed by atoms with Gasteiger partial charge in [0.2, 0.25) is 5.89 Å². The van der Waals surface area contributed by atoms with Gasteiger partial charge in [0, 0.05) is 24.9 Å². The zero-order valence-corrected chi connectivity index (χ0v) is 14.2. The number of aromatic nitrogens is 2. The van der Waals surface area contributed by atoms with Crippen LogP contribution in [0.15, 0.2) is 34.9 Å². The Kier molecular flexibility index (Phi) is 4.14. The maximum Gasteiger partial charge on any atom is 0.229 e. The molecule has 2 aliphatic rings. The van der Waals surface area contributed by atoms with Crippen molar-refractivity contribution in [2.24, 2.45) is 0 Å². The molecule has 1 N–H and O–H groups in total. The number of piperidine rings is 1. The molecule has 1 aromatic heterocycles. The average molecular weight is 327 g/mol. The van der Waals surface area contributed by atoms with Gasteiger partial charge in [-0.05, 0) is 44.7 Å². The first-order valence-electron chi connectivity index (χ1n) is 8.95. The monoisotopic (exact) mass is 327 g/mol. The van der Waals surface area contributed by atoms with Crippen LogP contribution in [0.1, 0.15) is 61.7 Å². The van der Waals surface area contributed by atoms with E-state index in [0.29, 0.717) is 18.4 Å². The Labute approximate surface area is 142 Å². The Morgan fingerprint density at radius 3 is 2.75 bits per heavy atom. The van der Waals surface area contributed by atoms with E-state index in [4.69, 9.17) is 4.52 Å². The minimum absolute atomic E-state index is 0.307. The maximum absolute atomic E-state index is 10.9. The van der Waals surface area contributed by atoms with Crippen molar-refractivity contribution in [3.05, 3.63) is 47.6 Å². The number of hydrogen-bond donors (Lipinski definition) is 1. The zero-order chi connectivity index (χ0) is 16.6. The van der Waals surface area contributed by atoms with Gasteiger partial charge >= 0.3 is 0 Å². The van der Waals surface area contributed by atoms with Crippen molar-refractivity contribution in [3.8, 4) is 0 Å². The lowest BCUT2D eigenvalue weighted by atomic mass is 9.92. The van der Waals surface area contributed by atoms with Gasteiger partial charge in [-0.25, -0.2) is 0 Å². The van der Waals surface area contributed by atoms with Gasteiger partial charge in [0.15, 0.2) is 5.82 Å². The topological polar surface area (TPSA) is 62.4 Å². The largest absolute Gasteiger partial charge is 0.384 e. The van der Waals surface area contributed by atoms with Crippen molar-refractivity contribution in [2.75, 3.05) is 19.6 Å². The van der Waals surface area contributed by atoms with Gasteiger partial charge in [0.1, 0.15) is 0 Å². The van der Waals surface area contributed by atoms with Crippen molar-refractivity contribution in [2.45, 2.75) is 50.0 Å². The number of aliphatic hydroxyl groups is 1. The summed E-state index contributed by atoms with van der Waals surface area (Å²) >= 11 is 0. The highest BCUT2D eigenvalue weighted by molar-refractivity contribution is 5.22. The fourth-order valence-corrected chi connectivity index (χ4v) is 3.64. The molecule has 0 spiro atoms. The first kappa shape index (κ1) is 15.8. The third kappa shape index (κ3) is 3.37. The number of rotatable bonds is 5. The van der Waals surface area contributed by atoms with Crippen LogP contribution in [0.2, 0.25) is 0 Å². The lowest BCUT2D eigenvalue weighted by Crippen LogP contribution is -2.43. The van der Waals surface area contributed by atoms with Crippen LogP contribution in [-0.4, -0.2) is 39.8 Å². The minimum Gasteiger partial charge on any atom is -0.384 e. The van der Waals surface area contributed by atoms with Crippen LogP contribution in [0.3, 0.4) is 0 Å².